The highest BCUT2D eigenvalue weighted by Gasteiger charge is 2.57. The normalized spacial score (nSPS) is 21.8. The first-order valence-corrected chi connectivity index (χ1v) is 4.08. The van der Waals surface area contributed by atoms with E-state index in [2.05, 4.69) is 14.2 Å². The lowest BCUT2D eigenvalue weighted by Crippen LogP contribution is -2.41. The summed E-state index contributed by atoms with van der Waals surface area (Å²) < 4.78 is 72.3. The molecule has 0 N–H and O–H groups in total. The molecule has 0 saturated carbocycles. The van der Waals surface area contributed by atoms with Crippen molar-refractivity contribution in [3.05, 3.63) is 0 Å². The summed E-state index contributed by atoms with van der Waals surface area (Å²) in [6.45, 7) is -2.61. The summed E-state index contributed by atoms with van der Waals surface area (Å²) in [6.07, 6.45) is -7.61. The molecule has 0 aromatic carbocycles. The quantitative estimate of drug-likeness (QED) is 0.563. The van der Waals surface area contributed by atoms with Gasteiger partial charge in [0.05, 0.1) is 6.61 Å². The molecule has 0 aliphatic carbocycles. The molecule has 4 nitrogen and oxygen atoms in total. The minimum Gasteiger partial charge on any atom is -0.430 e. The van der Waals surface area contributed by atoms with E-state index in [-0.39, 0.29) is 6.61 Å². The SMILES string of the molecule is O=C1OCC(COCC(F)(F)C(F)(F)F)O1. The van der Waals surface area contributed by atoms with Crippen LogP contribution in [0.5, 0.6) is 0 Å². The first-order chi connectivity index (χ1) is 7.22. The average Bonchev–Trinajstić information content (AvgIpc) is 2.49. The molecule has 1 saturated heterocycles. The van der Waals surface area contributed by atoms with Gasteiger partial charge in [0.1, 0.15) is 13.2 Å². The van der Waals surface area contributed by atoms with Crippen molar-refractivity contribution < 1.29 is 41.0 Å². The number of hydrogen-bond donors (Lipinski definition) is 0. The fourth-order valence-electron chi connectivity index (χ4n) is 0.848. The average molecular weight is 250 g/mol. The van der Waals surface area contributed by atoms with E-state index in [0.29, 0.717) is 0 Å². The van der Waals surface area contributed by atoms with Crippen molar-refractivity contribution >= 4 is 6.16 Å². The van der Waals surface area contributed by atoms with Crippen molar-refractivity contribution in [2.75, 3.05) is 19.8 Å². The summed E-state index contributed by atoms with van der Waals surface area (Å²) in [5.74, 6) is -4.92. The largest absolute Gasteiger partial charge is 0.508 e. The Kier molecular flexibility index (Phi) is 3.56. The Bertz CT molecular complexity index is 264. The zero-order valence-corrected chi connectivity index (χ0v) is 7.72. The van der Waals surface area contributed by atoms with Crippen molar-refractivity contribution in [2.24, 2.45) is 0 Å². The molecule has 0 amide bonds. The summed E-state index contributed by atoms with van der Waals surface area (Å²) in [7, 11) is 0. The Morgan fingerprint density at radius 1 is 1.31 bits per heavy atom. The first kappa shape index (κ1) is 12.9. The third-order valence-corrected chi connectivity index (χ3v) is 1.65. The van der Waals surface area contributed by atoms with E-state index >= 15 is 0 Å². The molecule has 1 rings (SSSR count). The Morgan fingerprint density at radius 3 is 2.38 bits per heavy atom. The van der Waals surface area contributed by atoms with Crippen LogP contribution in [0.2, 0.25) is 0 Å². The van der Waals surface area contributed by atoms with Gasteiger partial charge < -0.3 is 14.2 Å². The molecule has 1 aliphatic heterocycles. The van der Waals surface area contributed by atoms with Crippen LogP contribution in [0.4, 0.5) is 26.7 Å². The van der Waals surface area contributed by atoms with Gasteiger partial charge in [-0.15, -0.1) is 0 Å². The molecule has 94 valence electrons. The standard InChI is InChI=1S/C7H7F5O4/c8-6(9,7(10,11)12)3-14-1-4-2-15-5(13)16-4/h4H,1-3H2. The maximum absolute atomic E-state index is 12.3. The monoisotopic (exact) mass is 250 g/mol. The fourth-order valence-corrected chi connectivity index (χ4v) is 0.848. The fraction of sp³-hybridized carbons (Fsp3) is 0.857. The van der Waals surface area contributed by atoms with Gasteiger partial charge in [-0.1, -0.05) is 0 Å². The van der Waals surface area contributed by atoms with E-state index in [1.807, 2.05) is 0 Å². The van der Waals surface area contributed by atoms with E-state index in [1.54, 1.807) is 0 Å². The second-order valence-electron chi connectivity index (χ2n) is 3.02. The number of rotatable bonds is 4. The summed E-state index contributed by atoms with van der Waals surface area (Å²) in [5.41, 5.74) is 0. The minimum absolute atomic E-state index is 0.226. The molecule has 0 aromatic rings. The summed E-state index contributed by atoms with van der Waals surface area (Å²) >= 11 is 0. The second kappa shape index (κ2) is 4.40. The molecule has 0 aromatic heterocycles. The van der Waals surface area contributed by atoms with Crippen LogP contribution in [-0.4, -0.2) is 44.2 Å². The van der Waals surface area contributed by atoms with E-state index in [9.17, 15) is 26.7 Å². The predicted octanol–water partition coefficient (Wildman–Crippen LogP) is 1.74. The number of carbonyl (C=O) groups excluding carboxylic acids is 1. The summed E-state index contributed by atoms with van der Waals surface area (Å²) in [6, 6.07) is 0. The van der Waals surface area contributed by atoms with Crippen LogP contribution in [0.3, 0.4) is 0 Å². The molecule has 0 spiro atoms. The molecule has 9 heteroatoms. The van der Waals surface area contributed by atoms with Crippen LogP contribution in [0.15, 0.2) is 0 Å². The number of cyclic esters (lactones) is 2. The second-order valence-corrected chi connectivity index (χ2v) is 3.02. The maximum Gasteiger partial charge on any atom is 0.508 e. The molecule has 1 unspecified atom stereocenters. The van der Waals surface area contributed by atoms with Gasteiger partial charge in [0.15, 0.2) is 6.10 Å². The van der Waals surface area contributed by atoms with Gasteiger partial charge >= 0.3 is 18.3 Å². The van der Waals surface area contributed by atoms with Crippen LogP contribution in [-0.2, 0) is 14.2 Å². The van der Waals surface area contributed by atoms with Gasteiger partial charge in [0.25, 0.3) is 0 Å². The van der Waals surface area contributed by atoms with Crippen molar-refractivity contribution in [1.29, 1.82) is 0 Å². The summed E-state index contributed by atoms with van der Waals surface area (Å²) in [5, 5.41) is 0. The van der Waals surface area contributed by atoms with Crippen LogP contribution >= 0.6 is 0 Å². The van der Waals surface area contributed by atoms with Gasteiger partial charge in [0.2, 0.25) is 0 Å². The molecule has 1 heterocycles. The van der Waals surface area contributed by atoms with Gasteiger partial charge in [-0.3, -0.25) is 0 Å². The van der Waals surface area contributed by atoms with Crippen LogP contribution < -0.4 is 0 Å². The van der Waals surface area contributed by atoms with Crippen molar-refractivity contribution in [3.63, 3.8) is 0 Å². The number of alkyl halides is 5. The molecule has 16 heavy (non-hydrogen) atoms. The number of carbonyl (C=O) groups is 1. The van der Waals surface area contributed by atoms with E-state index in [0.717, 1.165) is 0 Å². The lowest BCUT2D eigenvalue weighted by Gasteiger charge is -2.19. The predicted molar refractivity (Wildman–Crippen MR) is 38.0 cm³/mol. The van der Waals surface area contributed by atoms with Gasteiger partial charge in [-0.05, 0) is 0 Å². The van der Waals surface area contributed by atoms with Crippen molar-refractivity contribution in [1.82, 2.24) is 0 Å². The molecular weight excluding hydrogens is 243 g/mol. The molecule has 1 fully saturated rings. The van der Waals surface area contributed by atoms with Gasteiger partial charge in [-0.25, -0.2) is 4.79 Å². The Hall–Kier alpha value is -1.12. The highest BCUT2D eigenvalue weighted by Crippen LogP contribution is 2.35. The lowest BCUT2D eigenvalue weighted by atomic mass is 10.3. The van der Waals surface area contributed by atoms with Crippen molar-refractivity contribution in [3.8, 4) is 0 Å². The third kappa shape index (κ3) is 3.19. The Balaban J connectivity index is 2.27. The highest BCUT2D eigenvalue weighted by atomic mass is 19.4. The smallest absolute Gasteiger partial charge is 0.430 e. The van der Waals surface area contributed by atoms with Gasteiger partial charge in [0, 0.05) is 0 Å². The lowest BCUT2D eigenvalue weighted by molar-refractivity contribution is -0.297. The van der Waals surface area contributed by atoms with E-state index in [1.165, 1.54) is 0 Å². The van der Waals surface area contributed by atoms with Gasteiger partial charge in [-0.2, -0.15) is 22.0 Å². The number of halogens is 5. The Labute approximate surface area is 86.3 Å². The highest BCUT2D eigenvalue weighted by molar-refractivity contribution is 5.61. The number of hydrogen-bond acceptors (Lipinski definition) is 4. The van der Waals surface area contributed by atoms with E-state index in [4.69, 9.17) is 0 Å². The zero-order valence-electron chi connectivity index (χ0n) is 7.72. The molecule has 1 aliphatic rings. The van der Waals surface area contributed by atoms with Crippen LogP contribution in [0.1, 0.15) is 0 Å². The van der Waals surface area contributed by atoms with Crippen LogP contribution in [0, 0.1) is 0 Å². The third-order valence-electron chi connectivity index (χ3n) is 1.65. The molecular formula is C7H7F5O4. The zero-order chi connectivity index (χ0) is 12.4. The first-order valence-electron chi connectivity index (χ1n) is 4.08. The van der Waals surface area contributed by atoms with Crippen molar-refractivity contribution in [2.45, 2.75) is 18.2 Å². The minimum atomic E-state index is -5.66. The summed E-state index contributed by atoms with van der Waals surface area (Å²) in [4.78, 5) is 10.3. The number of ether oxygens (including phenoxy) is 3. The molecule has 0 bridgehead atoms. The maximum atomic E-state index is 12.3. The molecule has 0 radical (unpaired) electrons. The Morgan fingerprint density at radius 2 is 1.94 bits per heavy atom. The van der Waals surface area contributed by atoms with Crippen LogP contribution in [0.25, 0.3) is 0 Å². The van der Waals surface area contributed by atoms with E-state index < -0.39 is 37.6 Å². The topological polar surface area (TPSA) is 44.8 Å². The molecule has 1 atom stereocenters.